The highest BCUT2D eigenvalue weighted by molar-refractivity contribution is 7.80. The van der Waals surface area contributed by atoms with Crippen LogP contribution in [0.25, 0.3) is 11.4 Å². The maximum atomic E-state index is 5.32. The van der Waals surface area contributed by atoms with Crippen LogP contribution >= 0.6 is 12.2 Å². The van der Waals surface area contributed by atoms with E-state index in [9.17, 15) is 0 Å². The topological polar surface area (TPSA) is 63.0 Å². The summed E-state index contributed by atoms with van der Waals surface area (Å²) >= 11 is 5.32. The van der Waals surface area contributed by atoms with E-state index < -0.39 is 0 Å². The Balaban J connectivity index is 1.54. The second-order valence-corrected chi connectivity index (χ2v) is 6.87. The average Bonchev–Trinajstić information content (AvgIpc) is 3.10. The molecule has 2 N–H and O–H groups in total. The van der Waals surface area contributed by atoms with Crippen molar-refractivity contribution in [3.63, 3.8) is 0 Å². The highest BCUT2D eigenvalue weighted by Gasteiger charge is 2.09. The average molecular weight is 366 g/mol. The number of aromatic nitrogens is 2. The third-order valence-electron chi connectivity index (χ3n) is 4.01. The predicted octanol–water partition coefficient (Wildman–Crippen LogP) is 4.66. The number of nitrogens with zero attached hydrogens (tertiary/aromatic N) is 2. The molecule has 2 aromatic carbocycles. The van der Waals surface area contributed by atoms with E-state index in [2.05, 4.69) is 46.8 Å². The number of hydrogen-bond acceptors (Lipinski definition) is 4. The lowest BCUT2D eigenvalue weighted by Crippen LogP contribution is -2.28. The third-order valence-corrected chi connectivity index (χ3v) is 4.26. The first-order chi connectivity index (χ1) is 12.5. The summed E-state index contributed by atoms with van der Waals surface area (Å²) < 4.78 is 5.28. The Bertz CT molecular complexity index is 870. The van der Waals surface area contributed by atoms with Gasteiger partial charge in [0, 0.05) is 11.3 Å². The third kappa shape index (κ3) is 4.67. The smallest absolute Gasteiger partial charge is 0.246 e. The first-order valence-electron chi connectivity index (χ1n) is 8.55. The van der Waals surface area contributed by atoms with Crippen molar-refractivity contribution in [1.82, 2.24) is 15.5 Å². The number of aryl methyl sites for hydroxylation is 1. The summed E-state index contributed by atoms with van der Waals surface area (Å²) in [7, 11) is 0. The van der Waals surface area contributed by atoms with Crippen LogP contribution in [-0.2, 0) is 6.54 Å². The molecule has 6 heteroatoms. The zero-order chi connectivity index (χ0) is 18.5. The zero-order valence-corrected chi connectivity index (χ0v) is 15.9. The van der Waals surface area contributed by atoms with Crippen LogP contribution in [-0.4, -0.2) is 15.3 Å². The Kier molecular flexibility index (Phi) is 5.63. The minimum absolute atomic E-state index is 0.370. The fraction of sp³-hybridized carbons (Fsp3) is 0.250. The summed E-state index contributed by atoms with van der Waals surface area (Å²) in [5.74, 6) is 1.57. The van der Waals surface area contributed by atoms with E-state index in [1.807, 2.05) is 43.3 Å². The quantitative estimate of drug-likeness (QED) is 0.641. The van der Waals surface area contributed by atoms with Crippen LogP contribution in [0.2, 0.25) is 0 Å². The molecule has 0 fully saturated rings. The van der Waals surface area contributed by atoms with Crippen molar-refractivity contribution in [2.24, 2.45) is 0 Å². The lowest BCUT2D eigenvalue weighted by Gasteiger charge is -2.10. The molecule has 5 nitrogen and oxygen atoms in total. The van der Waals surface area contributed by atoms with Gasteiger partial charge in [0.1, 0.15) is 0 Å². The van der Waals surface area contributed by atoms with Gasteiger partial charge >= 0.3 is 0 Å². The van der Waals surface area contributed by atoms with E-state index in [0.29, 0.717) is 29.3 Å². The number of rotatable bonds is 5. The molecule has 0 spiro atoms. The molecular formula is C20H22N4OS. The van der Waals surface area contributed by atoms with Crippen molar-refractivity contribution in [2.75, 3.05) is 5.32 Å². The van der Waals surface area contributed by atoms with E-state index in [1.54, 1.807) is 0 Å². The lowest BCUT2D eigenvalue weighted by atomic mass is 10.0. The largest absolute Gasteiger partial charge is 0.353 e. The minimum Gasteiger partial charge on any atom is -0.353 e. The van der Waals surface area contributed by atoms with Gasteiger partial charge in [0.05, 0.1) is 6.54 Å². The molecule has 0 aliphatic rings. The van der Waals surface area contributed by atoms with Gasteiger partial charge in [0.2, 0.25) is 11.7 Å². The molecule has 0 aliphatic heterocycles. The number of thiocarbonyl (C=S) groups is 1. The molecule has 26 heavy (non-hydrogen) atoms. The lowest BCUT2D eigenvalue weighted by molar-refractivity contribution is 0.376. The molecule has 0 bridgehead atoms. The standard InChI is InChI=1S/C20H22N4OS/c1-13(2)15-8-10-17(11-9-15)22-20(26)21-12-18-23-19(24-25-18)16-6-4-14(3)5-7-16/h4-11,13H,12H2,1-3H3,(H2,21,22,26). The van der Waals surface area contributed by atoms with Crippen molar-refractivity contribution >= 4 is 23.0 Å². The van der Waals surface area contributed by atoms with Gasteiger partial charge in [-0.25, -0.2) is 0 Å². The summed E-state index contributed by atoms with van der Waals surface area (Å²) in [6.45, 7) is 6.75. The first-order valence-corrected chi connectivity index (χ1v) is 8.96. The summed E-state index contributed by atoms with van der Waals surface area (Å²) in [5.41, 5.74) is 4.36. The van der Waals surface area contributed by atoms with Gasteiger partial charge in [-0.05, 0) is 42.8 Å². The Morgan fingerprint density at radius 1 is 1.08 bits per heavy atom. The molecule has 1 aromatic heterocycles. The van der Waals surface area contributed by atoms with Crippen LogP contribution in [0.3, 0.4) is 0 Å². The first kappa shape index (κ1) is 18.1. The van der Waals surface area contributed by atoms with Gasteiger partial charge in [0.25, 0.3) is 0 Å². The van der Waals surface area contributed by atoms with Crippen molar-refractivity contribution in [2.45, 2.75) is 33.2 Å². The van der Waals surface area contributed by atoms with Crippen LogP contribution in [0, 0.1) is 6.92 Å². The number of nitrogens with one attached hydrogen (secondary N) is 2. The summed E-state index contributed by atoms with van der Waals surface area (Å²) in [6.07, 6.45) is 0. The molecule has 0 amide bonds. The van der Waals surface area contributed by atoms with Crippen molar-refractivity contribution in [3.05, 3.63) is 65.5 Å². The van der Waals surface area contributed by atoms with Gasteiger partial charge < -0.3 is 15.2 Å². The van der Waals surface area contributed by atoms with E-state index in [1.165, 1.54) is 11.1 Å². The molecule has 0 unspecified atom stereocenters. The van der Waals surface area contributed by atoms with E-state index in [-0.39, 0.29) is 0 Å². The van der Waals surface area contributed by atoms with Gasteiger partial charge in [-0.1, -0.05) is 61.0 Å². The van der Waals surface area contributed by atoms with Crippen molar-refractivity contribution < 1.29 is 4.52 Å². The second kappa shape index (κ2) is 8.10. The molecule has 0 saturated carbocycles. The molecule has 0 saturated heterocycles. The Hall–Kier alpha value is -2.73. The van der Waals surface area contributed by atoms with Crippen LogP contribution in [0.1, 0.15) is 36.8 Å². The van der Waals surface area contributed by atoms with Crippen LogP contribution in [0.15, 0.2) is 53.1 Å². The monoisotopic (exact) mass is 366 g/mol. The summed E-state index contributed by atoms with van der Waals surface area (Å²) in [5, 5.41) is 10.8. The van der Waals surface area contributed by atoms with E-state index in [4.69, 9.17) is 16.7 Å². The highest BCUT2D eigenvalue weighted by atomic mass is 32.1. The maximum Gasteiger partial charge on any atom is 0.246 e. The number of anilines is 1. The van der Waals surface area contributed by atoms with Crippen molar-refractivity contribution in [3.8, 4) is 11.4 Å². The fourth-order valence-corrected chi connectivity index (χ4v) is 2.62. The van der Waals surface area contributed by atoms with E-state index >= 15 is 0 Å². The summed E-state index contributed by atoms with van der Waals surface area (Å²) in [6, 6.07) is 16.2. The molecule has 0 aliphatic carbocycles. The molecule has 1 heterocycles. The van der Waals surface area contributed by atoms with Gasteiger partial charge in [-0.3, -0.25) is 0 Å². The Morgan fingerprint density at radius 2 is 1.77 bits per heavy atom. The summed E-state index contributed by atoms with van der Waals surface area (Å²) in [4.78, 5) is 4.39. The molecule has 3 rings (SSSR count). The molecule has 3 aromatic rings. The minimum atomic E-state index is 0.370. The Labute approximate surface area is 158 Å². The van der Waals surface area contributed by atoms with Crippen molar-refractivity contribution in [1.29, 1.82) is 0 Å². The van der Waals surface area contributed by atoms with Crippen LogP contribution in [0.5, 0.6) is 0 Å². The second-order valence-electron chi connectivity index (χ2n) is 6.46. The molecule has 134 valence electrons. The van der Waals surface area contributed by atoms with Gasteiger partial charge in [-0.2, -0.15) is 4.98 Å². The predicted molar refractivity (Wildman–Crippen MR) is 108 cm³/mol. The number of hydrogen-bond donors (Lipinski definition) is 2. The maximum absolute atomic E-state index is 5.32. The Morgan fingerprint density at radius 3 is 2.42 bits per heavy atom. The normalized spacial score (nSPS) is 10.8. The van der Waals surface area contributed by atoms with E-state index in [0.717, 1.165) is 11.3 Å². The molecule has 0 radical (unpaired) electrons. The molecule has 0 atom stereocenters. The highest BCUT2D eigenvalue weighted by Crippen LogP contribution is 2.18. The zero-order valence-electron chi connectivity index (χ0n) is 15.1. The SMILES string of the molecule is Cc1ccc(-c2noc(CNC(=S)Nc3ccc(C(C)C)cc3)n2)cc1. The van der Waals surface area contributed by atoms with Gasteiger partial charge in [0.15, 0.2) is 5.11 Å². The number of benzene rings is 2. The molecular weight excluding hydrogens is 344 g/mol. The van der Waals surface area contributed by atoms with Gasteiger partial charge in [-0.15, -0.1) is 0 Å². The fourth-order valence-electron chi connectivity index (χ4n) is 2.43. The van der Waals surface area contributed by atoms with Crippen LogP contribution < -0.4 is 10.6 Å². The van der Waals surface area contributed by atoms with Crippen LogP contribution in [0.4, 0.5) is 5.69 Å².